The van der Waals surface area contributed by atoms with Gasteiger partial charge in [-0.05, 0) is 11.1 Å². The Kier molecular flexibility index (Phi) is 5.27. The maximum Gasteiger partial charge on any atom is 0.247 e. The van der Waals surface area contributed by atoms with Gasteiger partial charge in [-0.2, -0.15) is 0 Å². The Balaban J connectivity index is 1.84. The zero-order chi connectivity index (χ0) is 17.6. The first kappa shape index (κ1) is 16.9. The van der Waals surface area contributed by atoms with Crippen molar-refractivity contribution in [2.75, 3.05) is 6.54 Å². The normalized spacial score (nSPS) is 17.1. The van der Waals surface area contributed by atoms with Crippen LogP contribution in [0.4, 0.5) is 0 Å². The maximum atomic E-state index is 12.7. The molecule has 126 valence electrons. The number of amides is 2. The molecule has 0 radical (unpaired) electrons. The van der Waals surface area contributed by atoms with E-state index in [0.717, 1.165) is 11.1 Å². The molecule has 2 aromatic carbocycles. The third kappa shape index (κ3) is 3.96. The van der Waals surface area contributed by atoms with Gasteiger partial charge in [-0.1, -0.05) is 66.6 Å². The molecule has 1 atom stereocenters. The van der Waals surface area contributed by atoms with Crippen LogP contribution < -0.4 is 0 Å². The van der Waals surface area contributed by atoms with E-state index < -0.39 is 6.04 Å². The molecule has 0 bridgehead atoms. The minimum Gasteiger partial charge on any atom is -0.283 e. The third-order valence-electron chi connectivity index (χ3n) is 4.37. The molecule has 1 aliphatic heterocycles. The standard InChI is InChI=1S/C21H20N2O2/c1-2-13-23-20(24)14-19(21(23)25)22(15-17-9-5-3-6-10-17)16-18-11-7-4-8-12-18/h1,3-12,19H,13-16H2/t19-/m0/s1. The summed E-state index contributed by atoms with van der Waals surface area (Å²) in [6.45, 7) is 1.24. The fourth-order valence-electron chi connectivity index (χ4n) is 3.12. The summed E-state index contributed by atoms with van der Waals surface area (Å²) < 4.78 is 0. The molecule has 2 aromatic rings. The quantitative estimate of drug-likeness (QED) is 0.603. The lowest BCUT2D eigenvalue weighted by Gasteiger charge is -2.27. The second-order valence-corrected chi connectivity index (χ2v) is 6.12. The molecule has 4 nitrogen and oxygen atoms in total. The minimum atomic E-state index is -0.471. The Morgan fingerprint density at radius 3 is 1.96 bits per heavy atom. The summed E-state index contributed by atoms with van der Waals surface area (Å²) in [6, 6.07) is 19.5. The first-order valence-electron chi connectivity index (χ1n) is 8.28. The van der Waals surface area contributed by atoms with Crippen LogP contribution in [0.3, 0.4) is 0 Å². The van der Waals surface area contributed by atoms with E-state index in [9.17, 15) is 9.59 Å². The van der Waals surface area contributed by atoms with E-state index in [1.54, 1.807) is 0 Å². The summed E-state index contributed by atoms with van der Waals surface area (Å²) in [5, 5.41) is 0. The topological polar surface area (TPSA) is 40.6 Å². The van der Waals surface area contributed by atoms with Crippen LogP contribution in [0.25, 0.3) is 0 Å². The number of likely N-dealkylation sites (tertiary alicyclic amines) is 1. The van der Waals surface area contributed by atoms with Crippen molar-refractivity contribution in [2.24, 2.45) is 0 Å². The molecular formula is C21H20N2O2. The van der Waals surface area contributed by atoms with Gasteiger partial charge in [0.05, 0.1) is 19.0 Å². The first-order valence-corrected chi connectivity index (χ1v) is 8.28. The van der Waals surface area contributed by atoms with E-state index in [4.69, 9.17) is 6.42 Å². The zero-order valence-corrected chi connectivity index (χ0v) is 14.0. The number of carbonyl (C=O) groups excluding carboxylic acids is 2. The molecule has 25 heavy (non-hydrogen) atoms. The largest absolute Gasteiger partial charge is 0.283 e. The van der Waals surface area contributed by atoms with Crippen LogP contribution in [-0.2, 0) is 22.7 Å². The highest BCUT2D eigenvalue weighted by Gasteiger charge is 2.41. The van der Waals surface area contributed by atoms with E-state index in [1.165, 1.54) is 4.90 Å². The van der Waals surface area contributed by atoms with Gasteiger partial charge in [0, 0.05) is 13.1 Å². The fourth-order valence-corrected chi connectivity index (χ4v) is 3.12. The van der Waals surface area contributed by atoms with Gasteiger partial charge in [0.25, 0.3) is 0 Å². The number of terminal acetylenes is 1. The van der Waals surface area contributed by atoms with Crippen molar-refractivity contribution < 1.29 is 9.59 Å². The number of nitrogens with zero attached hydrogens (tertiary/aromatic N) is 2. The molecule has 0 unspecified atom stereocenters. The average molecular weight is 332 g/mol. The number of benzene rings is 2. The molecule has 1 fully saturated rings. The molecule has 0 spiro atoms. The Labute approximate surface area is 148 Å². The van der Waals surface area contributed by atoms with Gasteiger partial charge < -0.3 is 0 Å². The molecule has 0 aromatic heterocycles. The number of hydrogen-bond acceptors (Lipinski definition) is 3. The SMILES string of the molecule is C#CCN1C(=O)C[C@H](N(Cc2ccccc2)Cc2ccccc2)C1=O. The highest BCUT2D eigenvalue weighted by molar-refractivity contribution is 6.05. The van der Waals surface area contributed by atoms with Gasteiger partial charge in [0.1, 0.15) is 0 Å². The molecule has 4 heteroatoms. The van der Waals surface area contributed by atoms with Crippen LogP contribution in [0.2, 0.25) is 0 Å². The average Bonchev–Trinajstić information content (AvgIpc) is 2.91. The van der Waals surface area contributed by atoms with Gasteiger partial charge in [-0.25, -0.2) is 0 Å². The van der Waals surface area contributed by atoms with Crippen LogP contribution in [0.1, 0.15) is 17.5 Å². The summed E-state index contributed by atoms with van der Waals surface area (Å²) >= 11 is 0. The van der Waals surface area contributed by atoms with Crippen LogP contribution in [0, 0.1) is 12.3 Å². The molecular weight excluding hydrogens is 312 g/mol. The predicted molar refractivity (Wildman–Crippen MR) is 96.1 cm³/mol. The Hall–Kier alpha value is -2.90. The molecule has 1 aliphatic rings. The zero-order valence-electron chi connectivity index (χ0n) is 14.0. The maximum absolute atomic E-state index is 12.7. The highest BCUT2D eigenvalue weighted by atomic mass is 16.2. The van der Waals surface area contributed by atoms with Crippen molar-refractivity contribution in [3.8, 4) is 12.3 Å². The molecule has 0 aliphatic carbocycles. The number of imide groups is 1. The van der Waals surface area contributed by atoms with E-state index in [2.05, 4.69) is 10.8 Å². The van der Waals surface area contributed by atoms with Crippen molar-refractivity contribution in [1.29, 1.82) is 0 Å². The molecule has 0 N–H and O–H groups in total. The lowest BCUT2D eigenvalue weighted by Crippen LogP contribution is -2.41. The minimum absolute atomic E-state index is 0.0404. The molecule has 1 saturated heterocycles. The smallest absolute Gasteiger partial charge is 0.247 e. The van der Waals surface area contributed by atoms with Crippen LogP contribution in [-0.4, -0.2) is 34.2 Å². The van der Waals surface area contributed by atoms with Crippen molar-refractivity contribution >= 4 is 11.8 Å². The molecule has 3 rings (SSSR count). The second-order valence-electron chi connectivity index (χ2n) is 6.12. The van der Waals surface area contributed by atoms with Crippen molar-refractivity contribution in [1.82, 2.24) is 9.80 Å². The third-order valence-corrected chi connectivity index (χ3v) is 4.37. The second kappa shape index (κ2) is 7.78. The Bertz CT molecular complexity index is 739. The summed E-state index contributed by atoms with van der Waals surface area (Å²) in [6.07, 6.45) is 5.47. The number of rotatable bonds is 6. The van der Waals surface area contributed by atoms with Crippen molar-refractivity contribution in [3.05, 3.63) is 71.8 Å². The summed E-state index contributed by atoms with van der Waals surface area (Å²) in [5.41, 5.74) is 2.21. The van der Waals surface area contributed by atoms with Crippen LogP contribution in [0.15, 0.2) is 60.7 Å². The molecule has 1 heterocycles. The van der Waals surface area contributed by atoms with Gasteiger partial charge in [-0.3, -0.25) is 19.4 Å². The predicted octanol–water partition coefficient (Wildman–Crippen LogP) is 2.45. The summed E-state index contributed by atoms with van der Waals surface area (Å²) in [5.74, 6) is 2.00. The van der Waals surface area contributed by atoms with Gasteiger partial charge >= 0.3 is 0 Å². The lowest BCUT2D eigenvalue weighted by atomic mass is 10.1. The highest BCUT2D eigenvalue weighted by Crippen LogP contribution is 2.22. The summed E-state index contributed by atoms with van der Waals surface area (Å²) in [7, 11) is 0. The van der Waals surface area contributed by atoms with Crippen molar-refractivity contribution in [2.45, 2.75) is 25.6 Å². The number of carbonyl (C=O) groups is 2. The van der Waals surface area contributed by atoms with Crippen LogP contribution in [0.5, 0.6) is 0 Å². The van der Waals surface area contributed by atoms with Crippen LogP contribution >= 0.6 is 0 Å². The van der Waals surface area contributed by atoms with Gasteiger partial charge in [0.15, 0.2) is 0 Å². The lowest BCUT2D eigenvalue weighted by molar-refractivity contribution is -0.139. The van der Waals surface area contributed by atoms with Gasteiger partial charge in [0.2, 0.25) is 11.8 Å². The first-order chi connectivity index (χ1) is 12.2. The number of hydrogen-bond donors (Lipinski definition) is 0. The van der Waals surface area contributed by atoms with E-state index >= 15 is 0 Å². The van der Waals surface area contributed by atoms with E-state index in [0.29, 0.717) is 13.1 Å². The van der Waals surface area contributed by atoms with Gasteiger partial charge in [-0.15, -0.1) is 6.42 Å². The summed E-state index contributed by atoms with van der Waals surface area (Å²) in [4.78, 5) is 28.1. The van der Waals surface area contributed by atoms with Crippen molar-refractivity contribution in [3.63, 3.8) is 0 Å². The fraction of sp³-hybridized carbons (Fsp3) is 0.238. The Morgan fingerprint density at radius 2 is 1.48 bits per heavy atom. The monoisotopic (exact) mass is 332 g/mol. The van der Waals surface area contributed by atoms with E-state index in [1.807, 2.05) is 60.7 Å². The van der Waals surface area contributed by atoms with E-state index in [-0.39, 0.29) is 24.8 Å². The molecule has 2 amide bonds. The Morgan fingerprint density at radius 1 is 0.960 bits per heavy atom. The molecule has 0 saturated carbocycles.